The fourth-order valence-electron chi connectivity index (χ4n) is 1.91. The Morgan fingerprint density at radius 1 is 1.42 bits per heavy atom. The third-order valence-corrected chi connectivity index (χ3v) is 3.59. The van der Waals surface area contributed by atoms with E-state index in [2.05, 4.69) is 21.2 Å². The van der Waals surface area contributed by atoms with E-state index in [1.807, 2.05) is 4.90 Å². The Labute approximate surface area is 120 Å². The minimum atomic E-state index is -0.355. The summed E-state index contributed by atoms with van der Waals surface area (Å²) in [5.41, 5.74) is 0. The number of ether oxygens (including phenoxy) is 1. The molecule has 4 nitrogen and oxygen atoms in total. The highest BCUT2D eigenvalue weighted by Crippen LogP contribution is 2.25. The maximum Gasteiger partial charge on any atom is 0.226 e. The molecule has 0 spiro atoms. The predicted octanol–water partition coefficient (Wildman–Crippen LogP) is 1.79. The maximum absolute atomic E-state index is 13.0. The van der Waals surface area contributed by atoms with Crippen LogP contribution < -0.4 is 10.1 Å². The molecule has 1 fully saturated rings. The molecule has 0 aromatic heterocycles. The van der Waals surface area contributed by atoms with Gasteiger partial charge in [0.25, 0.3) is 0 Å². The van der Waals surface area contributed by atoms with Crippen LogP contribution in [0.2, 0.25) is 0 Å². The third-order valence-electron chi connectivity index (χ3n) is 2.94. The Morgan fingerprint density at radius 2 is 2.16 bits per heavy atom. The molecular weight excluding hydrogens is 315 g/mol. The first kappa shape index (κ1) is 14.3. The second kappa shape index (κ2) is 6.86. The molecule has 19 heavy (non-hydrogen) atoms. The van der Waals surface area contributed by atoms with Gasteiger partial charge in [0.15, 0.2) is 0 Å². The van der Waals surface area contributed by atoms with Crippen molar-refractivity contribution in [3.05, 3.63) is 28.5 Å². The zero-order valence-corrected chi connectivity index (χ0v) is 12.1. The quantitative estimate of drug-likeness (QED) is 0.915. The van der Waals surface area contributed by atoms with Gasteiger partial charge in [0.2, 0.25) is 5.91 Å². The third kappa shape index (κ3) is 4.18. The van der Waals surface area contributed by atoms with E-state index in [-0.39, 0.29) is 18.3 Å². The molecule has 0 unspecified atom stereocenters. The molecule has 1 heterocycles. The van der Waals surface area contributed by atoms with Crippen LogP contribution in [0.5, 0.6) is 5.75 Å². The molecule has 1 N–H and O–H groups in total. The standard InChI is InChI=1S/C13H16BrFN2O2/c14-11-2-1-10(15)9-12(11)19-8-3-13(18)17-6-4-16-5-7-17/h1-2,9,16H,3-8H2. The average molecular weight is 331 g/mol. The lowest BCUT2D eigenvalue weighted by molar-refractivity contribution is -0.132. The van der Waals surface area contributed by atoms with Gasteiger partial charge >= 0.3 is 0 Å². The summed E-state index contributed by atoms with van der Waals surface area (Å²) in [6.45, 7) is 3.40. The van der Waals surface area contributed by atoms with Crippen molar-refractivity contribution in [2.45, 2.75) is 6.42 Å². The SMILES string of the molecule is O=C(CCOc1cc(F)ccc1Br)N1CCNCC1. The number of rotatable bonds is 4. The topological polar surface area (TPSA) is 41.6 Å². The van der Waals surface area contributed by atoms with Crippen LogP contribution in [0.15, 0.2) is 22.7 Å². The van der Waals surface area contributed by atoms with Gasteiger partial charge in [-0.05, 0) is 28.1 Å². The Balaban J connectivity index is 1.79. The van der Waals surface area contributed by atoms with E-state index in [0.717, 1.165) is 26.2 Å². The number of carbonyl (C=O) groups is 1. The Hall–Kier alpha value is -1.14. The summed E-state index contributed by atoms with van der Waals surface area (Å²) >= 11 is 3.28. The Kier molecular flexibility index (Phi) is 5.15. The summed E-state index contributed by atoms with van der Waals surface area (Å²) < 4.78 is 19.2. The molecule has 0 aliphatic carbocycles. The number of halogens is 2. The van der Waals surface area contributed by atoms with E-state index in [1.165, 1.54) is 12.1 Å². The molecule has 0 radical (unpaired) electrons. The maximum atomic E-state index is 13.0. The zero-order chi connectivity index (χ0) is 13.7. The van der Waals surface area contributed by atoms with E-state index in [9.17, 15) is 9.18 Å². The minimum Gasteiger partial charge on any atom is -0.492 e. The van der Waals surface area contributed by atoms with Gasteiger partial charge in [-0.15, -0.1) is 0 Å². The number of hydrogen-bond acceptors (Lipinski definition) is 3. The summed E-state index contributed by atoms with van der Waals surface area (Å²) in [6.07, 6.45) is 0.308. The monoisotopic (exact) mass is 330 g/mol. The van der Waals surface area contributed by atoms with Gasteiger partial charge < -0.3 is 15.0 Å². The van der Waals surface area contributed by atoms with E-state index >= 15 is 0 Å². The average Bonchev–Trinajstić information content (AvgIpc) is 2.43. The Bertz CT molecular complexity index is 450. The van der Waals surface area contributed by atoms with Crippen molar-refractivity contribution in [2.24, 2.45) is 0 Å². The van der Waals surface area contributed by atoms with Gasteiger partial charge in [-0.1, -0.05) is 0 Å². The first-order valence-corrected chi connectivity index (χ1v) is 7.02. The van der Waals surface area contributed by atoms with E-state index < -0.39 is 0 Å². The fourth-order valence-corrected chi connectivity index (χ4v) is 2.27. The number of hydrogen-bond donors (Lipinski definition) is 1. The van der Waals surface area contributed by atoms with Gasteiger partial charge in [0.1, 0.15) is 11.6 Å². The van der Waals surface area contributed by atoms with Gasteiger partial charge in [0.05, 0.1) is 17.5 Å². The number of benzene rings is 1. The largest absolute Gasteiger partial charge is 0.492 e. The zero-order valence-electron chi connectivity index (χ0n) is 10.5. The molecule has 0 bridgehead atoms. The second-order valence-electron chi connectivity index (χ2n) is 4.30. The van der Waals surface area contributed by atoms with Crippen LogP contribution >= 0.6 is 15.9 Å². The predicted molar refractivity (Wildman–Crippen MR) is 73.7 cm³/mol. The molecule has 1 amide bonds. The molecular formula is C13H16BrFN2O2. The summed E-state index contributed by atoms with van der Waals surface area (Å²) in [5.74, 6) is 0.147. The highest BCUT2D eigenvalue weighted by Gasteiger charge is 2.15. The van der Waals surface area contributed by atoms with Crippen LogP contribution in [0, 0.1) is 5.82 Å². The highest BCUT2D eigenvalue weighted by molar-refractivity contribution is 9.10. The molecule has 0 atom stereocenters. The first-order valence-electron chi connectivity index (χ1n) is 6.23. The van der Waals surface area contributed by atoms with Crippen LogP contribution in [0.25, 0.3) is 0 Å². The number of carbonyl (C=O) groups excluding carboxylic acids is 1. The van der Waals surface area contributed by atoms with Crippen molar-refractivity contribution in [3.8, 4) is 5.75 Å². The number of nitrogens with zero attached hydrogens (tertiary/aromatic N) is 1. The summed E-state index contributed by atoms with van der Waals surface area (Å²) in [7, 11) is 0. The number of piperazine rings is 1. The first-order chi connectivity index (χ1) is 9.16. The van der Waals surface area contributed by atoms with Gasteiger partial charge in [-0.25, -0.2) is 4.39 Å². The van der Waals surface area contributed by atoms with E-state index in [1.54, 1.807) is 6.07 Å². The van der Waals surface area contributed by atoms with Gasteiger partial charge in [-0.2, -0.15) is 0 Å². The van der Waals surface area contributed by atoms with Gasteiger partial charge in [-0.3, -0.25) is 4.79 Å². The van der Waals surface area contributed by atoms with Crippen molar-refractivity contribution in [2.75, 3.05) is 32.8 Å². The summed E-state index contributed by atoms with van der Waals surface area (Å²) in [5, 5.41) is 3.19. The van der Waals surface area contributed by atoms with Crippen LogP contribution in [0.3, 0.4) is 0 Å². The van der Waals surface area contributed by atoms with Crippen molar-refractivity contribution >= 4 is 21.8 Å². The molecule has 104 valence electrons. The van der Waals surface area contributed by atoms with Gasteiger partial charge in [0, 0.05) is 32.2 Å². The number of nitrogens with one attached hydrogen (secondary N) is 1. The molecule has 1 aromatic carbocycles. The second-order valence-corrected chi connectivity index (χ2v) is 5.16. The smallest absolute Gasteiger partial charge is 0.226 e. The van der Waals surface area contributed by atoms with Crippen molar-refractivity contribution in [1.82, 2.24) is 10.2 Å². The van der Waals surface area contributed by atoms with E-state index in [4.69, 9.17) is 4.74 Å². The summed E-state index contributed by atoms with van der Waals surface area (Å²) in [6, 6.07) is 4.24. The molecule has 1 aliphatic heterocycles. The highest BCUT2D eigenvalue weighted by atomic mass is 79.9. The molecule has 2 rings (SSSR count). The molecule has 1 saturated heterocycles. The molecule has 1 aliphatic rings. The normalized spacial score (nSPS) is 15.4. The van der Waals surface area contributed by atoms with Crippen LogP contribution in [-0.4, -0.2) is 43.6 Å². The lowest BCUT2D eigenvalue weighted by Crippen LogP contribution is -2.46. The molecule has 1 aromatic rings. The van der Waals surface area contributed by atoms with E-state index in [0.29, 0.717) is 16.6 Å². The van der Waals surface area contributed by atoms with Crippen molar-refractivity contribution < 1.29 is 13.9 Å². The molecule has 0 saturated carbocycles. The lowest BCUT2D eigenvalue weighted by Gasteiger charge is -2.27. The Morgan fingerprint density at radius 3 is 2.89 bits per heavy atom. The van der Waals surface area contributed by atoms with Crippen LogP contribution in [-0.2, 0) is 4.79 Å². The van der Waals surface area contributed by atoms with Crippen molar-refractivity contribution in [3.63, 3.8) is 0 Å². The minimum absolute atomic E-state index is 0.0778. The van der Waals surface area contributed by atoms with Crippen LogP contribution in [0.4, 0.5) is 4.39 Å². The molecule has 6 heteroatoms. The summed E-state index contributed by atoms with van der Waals surface area (Å²) in [4.78, 5) is 13.7. The van der Waals surface area contributed by atoms with Crippen molar-refractivity contribution in [1.29, 1.82) is 0 Å². The number of amides is 1. The van der Waals surface area contributed by atoms with Crippen LogP contribution in [0.1, 0.15) is 6.42 Å². The lowest BCUT2D eigenvalue weighted by atomic mass is 10.3. The fraction of sp³-hybridized carbons (Fsp3) is 0.462.